The van der Waals surface area contributed by atoms with Gasteiger partial charge in [-0.15, -0.1) is 0 Å². The highest BCUT2D eigenvalue weighted by molar-refractivity contribution is 5.75. The molecule has 4 rings (SSSR count). The van der Waals surface area contributed by atoms with Crippen molar-refractivity contribution >= 4 is 5.91 Å². The molecule has 4 aliphatic rings. The summed E-state index contributed by atoms with van der Waals surface area (Å²) in [5, 5.41) is 27.0. The fourth-order valence-electron chi connectivity index (χ4n) is 9.87. The third kappa shape index (κ3) is 4.82. The minimum Gasteiger partial charge on any atom is -0.319 e. The summed E-state index contributed by atoms with van der Waals surface area (Å²) in [5.41, 5.74) is -0.456. The molecule has 0 aromatic heterocycles. The van der Waals surface area contributed by atoms with Crippen LogP contribution >= 0.6 is 0 Å². The van der Waals surface area contributed by atoms with Gasteiger partial charge in [0.15, 0.2) is 5.70 Å². The van der Waals surface area contributed by atoms with Gasteiger partial charge in [0.1, 0.15) is 0 Å². The van der Waals surface area contributed by atoms with Crippen LogP contribution in [-0.2, 0) is 4.79 Å². The molecule has 0 bridgehead atoms. The Labute approximate surface area is 221 Å². The Morgan fingerprint density at radius 1 is 0.973 bits per heavy atom. The highest BCUT2D eigenvalue weighted by atomic mass is 16.6. The van der Waals surface area contributed by atoms with Gasteiger partial charge in [-0.25, -0.2) is 0 Å². The van der Waals surface area contributed by atoms with Crippen LogP contribution < -0.4 is 5.32 Å². The monoisotopic (exact) mass is 517 g/mol. The van der Waals surface area contributed by atoms with Gasteiger partial charge in [0, 0.05) is 24.2 Å². The Hall–Kier alpha value is -1.99. The maximum atomic E-state index is 12.3. The molecular formula is C29H47N3O5. The maximum absolute atomic E-state index is 12.3. The van der Waals surface area contributed by atoms with Crippen molar-refractivity contribution in [2.75, 3.05) is 0 Å². The number of allylic oxidation sites excluding steroid dienone is 1. The number of carbonyl (C=O) groups excluding carboxylic acids is 1. The number of amides is 1. The van der Waals surface area contributed by atoms with Gasteiger partial charge in [-0.1, -0.05) is 53.9 Å². The fourth-order valence-corrected chi connectivity index (χ4v) is 9.87. The van der Waals surface area contributed by atoms with Gasteiger partial charge in [0.25, 0.3) is 11.7 Å². The summed E-state index contributed by atoms with van der Waals surface area (Å²) in [5.74, 6) is 2.68. The smallest absolute Gasteiger partial charge is 0.273 e. The van der Waals surface area contributed by atoms with Gasteiger partial charge >= 0.3 is 0 Å². The molecule has 0 aromatic carbocycles. The Kier molecular flexibility index (Phi) is 7.80. The van der Waals surface area contributed by atoms with Gasteiger partial charge in [-0.05, 0) is 84.9 Å². The lowest BCUT2D eigenvalue weighted by Gasteiger charge is -2.60. The SMILES string of the molecule is CC(=O)NC1=C([N+](=O)[O-])C[C@@]2(C)C(CC[C@H]3[C@@H]4CC[C@H]([C@H](C)CCCC(C)C)[C@@]4(C)CC[C@@H]32)[C@@H]1[N+](=O)[O-]. The van der Waals surface area contributed by atoms with Gasteiger partial charge < -0.3 is 5.32 Å². The number of nitrogens with zero attached hydrogens (tertiary/aromatic N) is 2. The molecule has 8 nitrogen and oxygen atoms in total. The van der Waals surface area contributed by atoms with Gasteiger partial charge in [-0.3, -0.25) is 25.0 Å². The van der Waals surface area contributed by atoms with Crippen molar-refractivity contribution in [2.45, 2.75) is 112 Å². The van der Waals surface area contributed by atoms with Crippen LogP contribution in [0.1, 0.15) is 106 Å². The van der Waals surface area contributed by atoms with Crippen LogP contribution in [0.2, 0.25) is 0 Å². The van der Waals surface area contributed by atoms with E-state index in [4.69, 9.17) is 0 Å². The lowest BCUT2D eigenvalue weighted by molar-refractivity contribution is -0.536. The Morgan fingerprint density at radius 2 is 1.62 bits per heavy atom. The van der Waals surface area contributed by atoms with E-state index in [0.29, 0.717) is 29.6 Å². The normalized spacial score (nSPS) is 40.0. The first-order valence-corrected chi connectivity index (χ1v) is 14.6. The Balaban J connectivity index is 1.62. The molecule has 37 heavy (non-hydrogen) atoms. The first-order valence-electron chi connectivity index (χ1n) is 14.6. The average molecular weight is 518 g/mol. The molecule has 0 aliphatic heterocycles. The summed E-state index contributed by atoms with van der Waals surface area (Å²) in [4.78, 5) is 35.5. The number of hydrogen-bond donors (Lipinski definition) is 1. The van der Waals surface area contributed by atoms with Crippen molar-refractivity contribution in [3.05, 3.63) is 31.6 Å². The van der Waals surface area contributed by atoms with E-state index in [1.54, 1.807) is 0 Å². The lowest BCUT2D eigenvalue weighted by Crippen LogP contribution is -2.59. The number of nitrogens with one attached hydrogen (secondary N) is 1. The number of carbonyl (C=O) groups is 1. The van der Waals surface area contributed by atoms with E-state index in [9.17, 15) is 25.0 Å². The van der Waals surface area contributed by atoms with Crippen LogP contribution in [-0.4, -0.2) is 21.8 Å². The zero-order valence-electron chi connectivity index (χ0n) is 23.6. The van der Waals surface area contributed by atoms with Crippen LogP contribution in [0.4, 0.5) is 0 Å². The van der Waals surface area contributed by atoms with Gasteiger partial charge in [0.2, 0.25) is 5.91 Å². The zero-order chi connectivity index (χ0) is 27.3. The van der Waals surface area contributed by atoms with Crippen LogP contribution in [0, 0.1) is 72.5 Å². The van der Waals surface area contributed by atoms with E-state index in [0.717, 1.165) is 31.1 Å². The third-order valence-electron chi connectivity index (χ3n) is 11.4. The third-order valence-corrected chi connectivity index (χ3v) is 11.4. The number of hydrogen-bond acceptors (Lipinski definition) is 5. The topological polar surface area (TPSA) is 115 Å². The fraction of sp³-hybridized carbons (Fsp3) is 0.897. The Bertz CT molecular complexity index is 963. The molecule has 0 aromatic rings. The summed E-state index contributed by atoms with van der Waals surface area (Å²) in [7, 11) is 0. The minimum absolute atomic E-state index is 0.0831. The van der Waals surface area contributed by atoms with E-state index in [2.05, 4.69) is 39.9 Å². The van der Waals surface area contributed by atoms with Crippen LogP contribution in [0.25, 0.3) is 0 Å². The maximum Gasteiger partial charge on any atom is 0.273 e. The first kappa shape index (κ1) is 28.0. The second-order valence-electron chi connectivity index (χ2n) is 13.8. The van der Waals surface area contributed by atoms with E-state index in [1.165, 1.54) is 39.0 Å². The lowest BCUT2D eigenvalue weighted by atomic mass is 9.44. The van der Waals surface area contributed by atoms with E-state index < -0.39 is 22.3 Å². The molecule has 3 saturated carbocycles. The van der Waals surface area contributed by atoms with Gasteiger partial charge in [-0.2, -0.15) is 0 Å². The predicted octanol–water partition coefficient (Wildman–Crippen LogP) is 6.60. The zero-order valence-corrected chi connectivity index (χ0v) is 23.6. The van der Waals surface area contributed by atoms with Crippen molar-refractivity contribution < 1.29 is 14.6 Å². The number of nitro groups is 2. The van der Waals surface area contributed by atoms with E-state index in [1.807, 2.05) is 0 Å². The van der Waals surface area contributed by atoms with Crippen molar-refractivity contribution in [3.8, 4) is 0 Å². The number of fused-ring (bicyclic) bond motifs is 5. The van der Waals surface area contributed by atoms with Gasteiger partial charge in [0.05, 0.1) is 4.92 Å². The molecular weight excluding hydrogens is 470 g/mol. The largest absolute Gasteiger partial charge is 0.319 e. The Morgan fingerprint density at radius 3 is 2.22 bits per heavy atom. The minimum atomic E-state index is -1.23. The highest BCUT2D eigenvalue weighted by Gasteiger charge is 2.65. The standard InChI is InChI=1S/C29H47N3O5/c1-17(2)8-7-9-18(3)21-12-13-22-20-10-11-24-27(32(36)37)26(30-19(4)33)25(31(34)35)16-29(24,6)23(20)14-15-28(21,22)5/h17-18,20-24,27H,7-16H2,1-6H3,(H,30,33)/t18-,20+,21-,22+,23+,24?,27+,28-,29-/m1/s1. The molecule has 0 radical (unpaired) electrons. The first-order chi connectivity index (χ1) is 17.3. The average Bonchev–Trinajstić information content (AvgIpc) is 3.15. The number of rotatable bonds is 8. The molecule has 9 atom stereocenters. The molecule has 0 heterocycles. The van der Waals surface area contributed by atoms with E-state index in [-0.39, 0.29) is 34.6 Å². The van der Waals surface area contributed by atoms with Crippen LogP contribution in [0.3, 0.4) is 0 Å². The van der Waals surface area contributed by atoms with Crippen molar-refractivity contribution in [1.29, 1.82) is 0 Å². The van der Waals surface area contributed by atoms with E-state index >= 15 is 0 Å². The molecule has 1 N–H and O–H groups in total. The molecule has 3 fully saturated rings. The predicted molar refractivity (Wildman–Crippen MR) is 142 cm³/mol. The summed E-state index contributed by atoms with van der Waals surface area (Å²) >= 11 is 0. The quantitative estimate of drug-likeness (QED) is 0.288. The van der Waals surface area contributed by atoms with Crippen molar-refractivity contribution in [2.24, 2.45) is 52.3 Å². The molecule has 0 saturated heterocycles. The highest BCUT2D eigenvalue weighted by Crippen LogP contribution is 2.68. The molecule has 4 aliphatic carbocycles. The molecule has 208 valence electrons. The molecule has 1 amide bonds. The summed E-state index contributed by atoms with van der Waals surface area (Å²) in [6, 6.07) is -1.23. The van der Waals surface area contributed by atoms with Crippen LogP contribution in [0.15, 0.2) is 11.4 Å². The molecule has 0 spiro atoms. The summed E-state index contributed by atoms with van der Waals surface area (Å²) < 4.78 is 0. The summed E-state index contributed by atoms with van der Waals surface area (Å²) in [6.07, 6.45) is 10.3. The van der Waals surface area contributed by atoms with Crippen LogP contribution in [0.5, 0.6) is 0 Å². The van der Waals surface area contributed by atoms with Crippen molar-refractivity contribution in [3.63, 3.8) is 0 Å². The molecule has 1 unspecified atom stereocenters. The second kappa shape index (κ2) is 10.3. The second-order valence-corrected chi connectivity index (χ2v) is 13.8. The van der Waals surface area contributed by atoms with Crippen molar-refractivity contribution in [1.82, 2.24) is 5.32 Å². The summed E-state index contributed by atoms with van der Waals surface area (Å²) in [6.45, 7) is 12.9. The molecule has 8 heteroatoms.